The van der Waals surface area contributed by atoms with Crippen LogP contribution in [-0.4, -0.2) is 63.3 Å². The number of hydrogen-bond acceptors (Lipinski definition) is 5. The molecule has 1 aromatic heterocycles. The second-order valence-corrected chi connectivity index (χ2v) is 13.3. The van der Waals surface area contributed by atoms with Gasteiger partial charge in [0.15, 0.2) is 0 Å². The Hall–Kier alpha value is -3.81. The number of nitrogens with one attached hydrogen (secondary N) is 1. The fourth-order valence-corrected chi connectivity index (χ4v) is 7.17. The van der Waals surface area contributed by atoms with Crippen molar-refractivity contribution in [2.45, 2.75) is 39.0 Å². The number of halogens is 2. The topological polar surface area (TPSA) is 79.4 Å². The second kappa shape index (κ2) is 15.2. The minimum atomic E-state index is -0.415. The van der Waals surface area contributed by atoms with Crippen molar-refractivity contribution in [1.82, 2.24) is 24.9 Å². The van der Waals surface area contributed by atoms with Gasteiger partial charge in [-0.15, -0.1) is 0 Å². The molecule has 10 heteroatoms. The molecule has 6 rings (SSSR count). The van der Waals surface area contributed by atoms with Gasteiger partial charge in [0.2, 0.25) is 0 Å². The Labute approximate surface area is 279 Å². The number of hydrogen-bond donors (Lipinski definition) is 2. The molecule has 0 atom stereocenters. The molecular formula is C36H38ClFN6OS. The van der Waals surface area contributed by atoms with Crippen molar-refractivity contribution in [3.05, 3.63) is 111 Å². The SMILES string of the molecule is NC(=O)N1CCc2c(c(-c3ccc(Cl)c(C#Cc4cccc(CNCc5cccc(F)c5)c4)c3)nn2CCCN2CCSCC2)C1. The van der Waals surface area contributed by atoms with Crippen LogP contribution in [0.5, 0.6) is 0 Å². The van der Waals surface area contributed by atoms with Crippen LogP contribution in [0.1, 0.15) is 39.9 Å². The summed E-state index contributed by atoms with van der Waals surface area (Å²) in [5.41, 5.74) is 13.2. The van der Waals surface area contributed by atoms with Crippen molar-refractivity contribution < 1.29 is 9.18 Å². The van der Waals surface area contributed by atoms with Gasteiger partial charge in [0.25, 0.3) is 0 Å². The van der Waals surface area contributed by atoms with Gasteiger partial charge in [-0.1, -0.05) is 53.8 Å². The highest BCUT2D eigenvalue weighted by Crippen LogP contribution is 2.32. The molecule has 4 aromatic rings. The molecule has 0 aliphatic carbocycles. The molecule has 46 heavy (non-hydrogen) atoms. The molecule has 0 spiro atoms. The number of thioether (sulfide) groups is 1. The lowest BCUT2D eigenvalue weighted by Gasteiger charge is -2.27. The molecule has 0 radical (unpaired) electrons. The van der Waals surface area contributed by atoms with Crippen LogP contribution in [-0.2, 0) is 32.6 Å². The number of nitrogens with two attached hydrogens (primary N) is 1. The molecule has 1 saturated heterocycles. The summed E-state index contributed by atoms with van der Waals surface area (Å²) in [7, 11) is 0. The third kappa shape index (κ3) is 8.12. The van der Waals surface area contributed by atoms with Crippen LogP contribution in [0.15, 0.2) is 66.7 Å². The van der Waals surface area contributed by atoms with Crippen LogP contribution in [0.4, 0.5) is 9.18 Å². The van der Waals surface area contributed by atoms with Crippen LogP contribution in [0.25, 0.3) is 11.3 Å². The molecule has 2 aliphatic heterocycles. The Balaban J connectivity index is 1.19. The monoisotopic (exact) mass is 656 g/mol. The fourth-order valence-electron chi connectivity index (χ4n) is 6.03. The average Bonchev–Trinajstić information content (AvgIpc) is 3.43. The van der Waals surface area contributed by atoms with E-state index in [9.17, 15) is 9.18 Å². The molecule has 0 saturated carbocycles. The van der Waals surface area contributed by atoms with Crippen LogP contribution >= 0.6 is 23.4 Å². The van der Waals surface area contributed by atoms with Crippen molar-refractivity contribution in [3.8, 4) is 23.1 Å². The molecule has 1 fully saturated rings. The first kappa shape index (κ1) is 32.1. The summed E-state index contributed by atoms with van der Waals surface area (Å²) in [5.74, 6) is 8.71. The number of nitrogens with zero attached hydrogens (tertiary/aromatic N) is 4. The molecule has 2 aliphatic rings. The van der Waals surface area contributed by atoms with E-state index in [-0.39, 0.29) is 5.82 Å². The standard InChI is InChI=1S/C36H38ClFN6OS/c37-33-11-10-30(22-29(33)9-8-26-4-1-5-27(20-26)23-40-24-28-6-2-7-31(38)21-28)35-32-25-43(36(39)45)15-12-34(32)44(41-35)14-3-13-42-16-18-46-19-17-42/h1-2,4-7,10-11,20-22,40H,3,12-19,23-25H2,(H2,39,45). The van der Waals surface area contributed by atoms with Crippen molar-refractivity contribution in [3.63, 3.8) is 0 Å². The predicted molar refractivity (Wildman–Crippen MR) is 184 cm³/mol. The van der Waals surface area contributed by atoms with Gasteiger partial charge in [0.1, 0.15) is 5.82 Å². The Bertz CT molecular complexity index is 1760. The molecule has 238 valence electrons. The Morgan fingerprint density at radius 3 is 2.54 bits per heavy atom. The van der Waals surface area contributed by atoms with Crippen LogP contribution in [0.2, 0.25) is 5.02 Å². The quantitative estimate of drug-likeness (QED) is 0.219. The lowest BCUT2D eigenvalue weighted by Crippen LogP contribution is -2.39. The van der Waals surface area contributed by atoms with Gasteiger partial charge < -0.3 is 20.9 Å². The zero-order chi connectivity index (χ0) is 31.9. The molecular weight excluding hydrogens is 619 g/mol. The van der Waals surface area contributed by atoms with Crippen LogP contribution in [0, 0.1) is 17.7 Å². The highest BCUT2D eigenvalue weighted by atomic mass is 35.5. The van der Waals surface area contributed by atoms with Gasteiger partial charge in [-0.2, -0.15) is 16.9 Å². The number of benzene rings is 3. The summed E-state index contributed by atoms with van der Waals surface area (Å²) in [4.78, 5) is 16.3. The van der Waals surface area contributed by atoms with Gasteiger partial charge >= 0.3 is 6.03 Å². The minimum absolute atomic E-state index is 0.234. The second-order valence-electron chi connectivity index (χ2n) is 11.7. The maximum atomic E-state index is 13.5. The molecule has 2 amide bonds. The number of fused-ring (bicyclic) bond motifs is 1. The first-order chi connectivity index (χ1) is 22.4. The number of primary amides is 1. The predicted octanol–water partition coefficient (Wildman–Crippen LogP) is 5.91. The van der Waals surface area contributed by atoms with Gasteiger partial charge in [0, 0.05) is 85.1 Å². The van der Waals surface area contributed by atoms with E-state index in [2.05, 4.69) is 26.7 Å². The zero-order valence-electron chi connectivity index (χ0n) is 25.8. The fraction of sp³-hybridized carbons (Fsp3) is 0.333. The summed E-state index contributed by atoms with van der Waals surface area (Å²) in [5, 5.41) is 9.02. The largest absolute Gasteiger partial charge is 0.351 e. The molecule has 3 heterocycles. The van der Waals surface area contributed by atoms with E-state index in [0.29, 0.717) is 36.8 Å². The van der Waals surface area contributed by atoms with E-state index >= 15 is 0 Å². The highest BCUT2D eigenvalue weighted by molar-refractivity contribution is 7.99. The highest BCUT2D eigenvalue weighted by Gasteiger charge is 2.27. The lowest BCUT2D eigenvalue weighted by atomic mass is 9.99. The van der Waals surface area contributed by atoms with Gasteiger partial charge in [-0.25, -0.2) is 9.18 Å². The van der Waals surface area contributed by atoms with Gasteiger partial charge in [-0.3, -0.25) is 4.68 Å². The number of urea groups is 1. The summed E-state index contributed by atoms with van der Waals surface area (Å²) >= 11 is 8.66. The number of amides is 2. The first-order valence-electron chi connectivity index (χ1n) is 15.7. The van der Waals surface area contributed by atoms with E-state index in [1.807, 2.05) is 60.3 Å². The lowest BCUT2D eigenvalue weighted by molar-refractivity contribution is 0.201. The van der Waals surface area contributed by atoms with Crippen molar-refractivity contribution in [1.29, 1.82) is 0 Å². The van der Waals surface area contributed by atoms with E-state index < -0.39 is 6.03 Å². The third-order valence-electron chi connectivity index (χ3n) is 8.45. The van der Waals surface area contributed by atoms with E-state index in [1.165, 1.54) is 29.3 Å². The van der Waals surface area contributed by atoms with Gasteiger partial charge in [-0.05, 0) is 60.5 Å². The molecule has 7 nitrogen and oxygen atoms in total. The van der Waals surface area contributed by atoms with E-state index in [4.69, 9.17) is 22.4 Å². The van der Waals surface area contributed by atoms with Crippen molar-refractivity contribution in [2.75, 3.05) is 37.7 Å². The summed E-state index contributed by atoms with van der Waals surface area (Å²) in [6.07, 6.45) is 1.74. The molecule has 3 N–H and O–H groups in total. The molecule has 3 aromatic carbocycles. The third-order valence-corrected chi connectivity index (χ3v) is 9.72. The number of rotatable bonds is 9. The minimum Gasteiger partial charge on any atom is -0.351 e. The van der Waals surface area contributed by atoms with E-state index in [1.54, 1.807) is 11.0 Å². The summed E-state index contributed by atoms with van der Waals surface area (Å²) < 4.78 is 15.6. The van der Waals surface area contributed by atoms with Gasteiger partial charge in [0.05, 0.1) is 17.3 Å². The number of aromatic nitrogens is 2. The van der Waals surface area contributed by atoms with Crippen LogP contribution < -0.4 is 11.1 Å². The Morgan fingerprint density at radius 1 is 0.978 bits per heavy atom. The molecule has 0 bridgehead atoms. The van der Waals surface area contributed by atoms with E-state index in [0.717, 1.165) is 72.5 Å². The number of aryl methyl sites for hydroxylation is 1. The maximum Gasteiger partial charge on any atom is 0.315 e. The van der Waals surface area contributed by atoms with Crippen molar-refractivity contribution >= 4 is 29.4 Å². The Kier molecular flexibility index (Phi) is 10.6. The number of carbonyl (C=O) groups is 1. The normalized spacial score (nSPS) is 14.9. The van der Waals surface area contributed by atoms with Crippen LogP contribution in [0.3, 0.4) is 0 Å². The average molecular weight is 657 g/mol. The summed E-state index contributed by atoms with van der Waals surface area (Å²) in [6, 6.07) is 20.1. The number of carbonyl (C=O) groups excluding carboxylic acids is 1. The first-order valence-corrected chi connectivity index (χ1v) is 17.3. The zero-order valence-corrected chi connectivity index (χ0v) is 27.3. The summed E-state index contributed by atoms with van der Waals surface area (Å²) in [6.45, 7) is 6.42. The Morgan fingerprint density at radius 2 is 1.76 bits per heavy atom. The molecule has 0 unspecified atom stereocenters. The maximum absolute atomic E-state index is 13.5. The van der Waals surface area contributed by atoms with Crippen molar-refractivity contribution in [2.24, 2.45) is 5.73 Å². The smallest absolute Gasteiger partial charge is 0.315 e.